The SMILES string of the molecule is CN1CCC(C(CO)NC2CC2)C1. The minimum Gasteiger partial charge on any atom is -0.395 e. The molecule has 2 fully saturated rings. The number of hydrogen-bond acceptors (Lipinski definition) is 3. The highest BCUT2D eigenvalue weighted by Crippen LogP contribution is 2.24. The normalized spacial score (nSPS) is 32.3. The first-order valence-electron chi connectivity index (χ1n) is 5.35. The summed E-state index contributed by atoms with van der Waals surface area (Å²) in [5.74, 6) is 0.663. The van der Waals surface area contributed by atoms with Crippen molar-refractivity contribution >= 4 is 0 Å². The van der Waals surface area contributed by atoms with Gasteiger partial charge in [-0.05, 0) is 38.8 Å². The molecule has 2 atom stereocenters. The molecule has 0 aromatic heterocycles. The zero-order valence-corrected chi connectivity index (χ0v) is 8.37. The van der Waals surface area contributed by atoms with Crippen LogP contribution in [0.2, 0.25) is 0 Å². The van der Waals surface area contributed by atoms with Crippen LogP contribution in [0.5, 0.6) is 0 Å². The smallest absolute Gasteiger partial charge is 0.0587 e. The Labute approximate surface area is 80.1 Å². The predicted octanol–water partition coefficient (Wildman–Crippen LogP) is 0.0510. The molecule has 0 bridgehead atoms. The number of aliphatic hydroxyl groups excluding tert-OH is 1. The van der Waals surface area contributed by atoms with E-state index in [1.54, 1.807) is 0 Å². The molecule has 0 radical (unpaired) electrons. The lowest BCUT2D eigenvalue weighted by Crippen LogP contribution is -2.41. The van der Waals surface area contributed by atoms with Crippen molar-refractivity contribution in [3.05, 3.63) is 0 Å². The number of hydrogen-bond donors (Lipinski definition) is 2. The Morgan fingerprint density at radius 1 is 1.46 bits per heavy atom. The van der Waals surface area contributed by atoms with Crippen LogP contribution in [0.15, 0.2) is 0 Å². The predicted molar refractivity (Wildman–Crippen MR) is 52.6 cm³/mol. The molecule has 13 heavy (non-hydrogen) atoms. The molecule has 76 valence electrons. The van der Waals surface area contributed by atoms with Gasteiger partial charge in [0.1, 0.15) is 0 Å². The Hall–Kier alpha value is -0.120. The third-order valence-corrected chi connectivity index (χ3v) is 3.22. The number of nitrogens with zero attached hydrogens (tertiary/aromatic N) is 1. The molecule has 1 aliphatic carbocycles. The van der Waals surface area contributed by atoms with Gasteiger partial charge in [0.15, 0.2) is 0 Å². The summed E-state index contributed by atoms with van der Waals surface area (Å²) in [5.41, 5.74) is 0. The van der Waals surface area contributed by atoms with Gasteiger partial charge >= 0.3 is 0 Å². The molecule has 2 N–H and O–H groups in total. The van der Waals surface area contributed by atoms with Crippen molar-refractivity contribution in [2.45, 2.75) is 31.3 Å². The highest BCUT2D eigenvalue weighted by atomic mass is 16.3. The summed E-state index contributed by atoms with van der Waals surface area (Å²) in [6.07, 6.45) is 3.85. The lowest BCUT2D eigenvalue weighted by Gasteiger charge is -2.22. The van der Waals surface area contributed by atoms with Gasteiger partial charge in [-0.3, -0.25) is 0 Å². The Bertz CT molecular complexity index is 170. The molecule has 2 unspecified atom stereocenters. The zero-order chi connectivity index (χ0) is 9.26. The largest absolute Gasteiger partial charge is 0.395 e. The molecular weight excluding hydrogens is 164 g/mol. The van der Waals surface area contributed by atoms with E-state index in [4.69, 9.17) is 0 Å². The van der Waals surface area contributed by atoms with E-state index in [2.05, 4.69) is 17.3 Å². The van der Waals surface area contributed by atoms with Crippen molar-refractivity contribution in [1.82, 2.24) is 10.2 Å². The first-order valence-corrected chi connectivity index (χ1v) is 5.35. The van der Waals surface area contributed by atoms with Crippen LogP contribution in [0, 0.1) is 5.92 Å². The maximum atomic E-state index is 9.27. The van der Waals surface area contributed by atoms with Crippen LogP contribution in [0.1, 0.15) is 19.3 Å². The average Bonchev–Trinajstić information content (AvgIpc) is 2.84. The summed E-state index contributed by atoms with van der Waals surface area (Å²) in [6, 6.07) is 1.06. The number of nitrogens with one attached hydrogen (secondary N) is 1. The Balaban J connectivity index is 1.80. The van der Waals surface area contributed by atoms with Crippen molar-refractivity contribution in [2.24, 2.45) is 5.92 Å². The summed E-state index contributed by atoms with van der Waals surface area (Å²) in [4.78, 5) is 2.35. The standard InChI is InChI=1S/C10H20N2O/c1-12-5-4-8(6-12)10(7-13)11-9-2-3-9/h8-11,13H,2-7H2,1H3. The summed E-state index contributed by atoms with van der Waals surface area (Å²) in [6.45, 7) is 2.63. The van der Waals surface area contributed by atoms with Crippen LogP contribution in [0.25, 0.3) is 0 Å². The summed E-state index contributed by atoms with van der Waals surface area (Å²) >= 11 is 0. The van der Waals surface area contributed by atoms with Gasteiger partial charge < -0.3 is 15.3 Å². The summed E-state index contributed by atoms with van der Waals surface area (Å²) < 4.78 is 0. The Kier molecular flexibility index (Phi) is 2.86. The van der Waals surface area contributed by atoms with Crippen molar-refractivity contribution in [2.75, 3.05) is 26.7 Å². The first-order chi connectivity index (χ1) is 6.29. The second-order valence-corrected chi connectivity index (χ2v) is 4.54. The Morgan fingerprint density at radius 2 is 2.23 bits per heavy atom. The van der Waals surface area contributed by atoms with Gasteiger partial charge in [0, 0.05) is 18.6 Å². The number of rotatable bonds is 4. The van der Waals surface area contributed by atoms with Crippen molar-refractivity contribution in [3.63, 3.8) is 0 Å². The second kappa shape index (κ2) is 3.95. The molecule has 2 rings (SSSR count). The molecule has 3 nitrogen and oxygen atoms in total. The highest BCUT2D eigenvalue weighted by Gasteiger charge is 2.31. The quantitative estimate of drug-likeness (QED) is 0.648. The second-order valence-electron chi connectivity index (χ2n) is 4.54. The van der Waals surface area contributed by atoms with E-state index in [0.29, 0.717) is 24.6 Å². The van der Waals surface area contributed by atoms with Gasteiger partial charge in [-0.25, -0.2) is 0 Å². The molecule has 2 aliphatic rings. The molecule has 3 heteroatoms. The molecule has 0 aromatic rings. The van der Waals surface area contributed by atoms with Crippen molar-refractivity contribution in [3.8, 4) is 0 Å². The average molecular weight is 184 g/mol. The van der Waals surface area contributed by atoms with Crippen LogP contribution in [-0.2, 0) is 0 Å². The summed E-state index contributed by atoms with van der Waals surface area (Å²) in [5, 5.41) is 12.8. The van der Waals surface area contributed by atoms with Crippen molar-refractivity contribution in [1.29, 1.82) is 0 Å². The fourth-order valence-corrected chi connectivity index (χ4v) is 2.19. The van der Waals surface area contributed by atoms with E-state index < -0.39 is 0 Å². The molecule has 1 saturated heterocycles. The van der Waals surface area contributed by atoms with E-state index in [1.165, 1.54) is 25.8 Å². The Morgan fingerprint density at radius 3 is 2.69 bits per heavy atom. The minimum atomic E-state index is 0.301. The molecular formula is C10H20N2O. The van der Waals surface area contributed by atoms with Gasteiger partial charge in [0.25, 0.3) is 0 Å². The van der Waals surface area contributed by atoms with Crippen LogP contribution in [-0.4, -0.2) is 48.8 Å². The van der Waals surface area contributed by atoms with E-state index >= 15 is 0 Å². The number of aliphatic hydroxyl groups is 1. The number of likely N-dealkylation sites (tertiary alicyclic amines) is 1. The van der Waals surface area contributed by atoms with E-state index in [0.717, 1.165) is 6.54 Å². The minimum absolute atomic E-state index is 0.301. The van der Waals surface area contributed by atoms with Crippen LogP contribution >= 0.6 is 0 Å². The van der Waals surface area contributed by atoms with Crippen LogP contribution in [0.4, 0.5) is 0 Å². The third kappa shape index (κ3) is 2.42. The molecule has 1 aliphatic heterocycles. The highest BCUT2D eigenvalue weighted by molar-refractivity contribution is 4.90. The first kappa shape index (κ1) is 9.44. The summed E-state index contributed by atoms with van der Waals surface area (Å²) in [7, 11) is 2.16. The van der Waals surface area contributed by atoms with E-state index in [9.17, 15) is 5.11 Å². The van der Waals surface area contributed by atoms with E-state index in [-0.39, 0.29) is 0 Å². The van der Waals surface area contributed by atoms with Gasteiger partial charge in [-0.1, -0.05) is 0 Å². The van der Waals surface area contributed by atoms with Crippen molar-refractivity contribution < 1.29 is 5.11 Å². The lowest BCUT2D eigenvalue weighted by atomic mass is 9.99. The van der Waals surface area contributed by atoms with Gasteiger partial charge in [-0.15, -0.1) is 0 Å². The third-order valence-electron chi connectivity index (χ3n) is 3.22. The fraction of sp³-hybridized carbons (Fsp3) is 1.00. The molecule has 1 heterocycles. The van der Waals surface area contributed by atoms with E-state index in [1.807, 2.05) is 0 Å². The zero-order valence-electron chi connectivity index (χ0n) is 8.37. The fourth-order valence-electron chi connectivity index (χ4n) is 2.19. The van der Waals surface area contributed by atoms with Gasteiger partial charge in [0.2, 0.25) is 0 Å². The molecule has 1 saturated carbocycles. The maximum Gasteiger partial charge on any atom is 0.0587 e. The van der Waals surface area contributed by atoms with Gasteiger partial charge in [-0.2, -0.15) is 0 Å². The monoisotopic (exact) mass is 184 g/mol. The van der Waals surface area contributed by atoms with Crippen LogP contribution < -0.4 is 5.32 Å². The molecule has 0 spiro atoms. The molecule has 0 aromatic carbocycles. The van der Waals surface area contributed by atoms with Crippen LogP contribution in [0.3, 0.4) is 0 Å². The lowest BCUT2D eigenvalue weighted by molar-refractivity contribution is 0.197. The van der Waals surface area contributed by atoms with Gasteiger partial charge in [0.05, 0.1) is 6.61 Å². The maximum absolute atomic E-state index is 9.27. The molecule has 0 amide bonds. The topological polar surface area (TPSA) is 35.5 Å².